The second-order valence-corrected chi connectivity index (χ2v) is 12.8. The van der Waals surface area contributed by atoms with E-state index in [1.807, 2.05) is 0 Å². The maximum atomic E-state index is 5.22. The largest absolute Gasteiger partial charge is 0.309 e. The molecule has 0 unspecified atom stereocenters. The Kier molecular flexibility index (Phi) is 6.49. The van der Waals surface area contributed by atoms with Gasteiger partial charge in [0.25, 0.3) is 0 Å². The lowest BCUT2D eigenvalue weighted by Crippen LogP contribution is -1.98. The molecule has 0 N–H and O–H groups in total. The normalized spacial score (nSPS) is 11.6. The highest BCUT2D eigenvalue weighted by molar-refractivity contribution is 6.12. The molecule has 0 amide bonds. The van der Waals surface area contributed by atoms with Gasteiger partial charge in [0.1, 0.15) is 5.82 Å². The summed E-state index contributed by atoms with van der Waals surface area (Å²) in [4.78, 5) is 5.22. The molecule has 234 valence electrons. The number of benzene rings is 7. The van der Waals surface area contributed by atoms with Crippen LogP contribution in [0.1, 0.15) is 0 Å². The summed E-state index contributed by atoms with van der Waals surface area (Å²) in [7, 11) is 0. The molecule has 7 aromatic carbocycles. The number of pyridine rings is 1. The molecule has 3 heteroatoms. The summed E-state index contributed by atoms with van der Waals surface area (Å²) in [5.74, 6) is 0.905. The van der Waals surface area contributed by atoms with Gasteiger partial charge >= 0.3 is 0 Å². The molecule has 0 atom stereocenters. The zero-order valence-corrected chi connectivity index (χ0v) is 27.2. The van der Waals surface area contributed by atoms with E-state index in [-0.39, 0.29) is 0 Å². The standard InChI is InChI=1S/C47H31N3/c1-3-12-32(13-4-1)33-22-24-34(25-23-33)42-18-11-21-47(48-42)50-44-20-10-8-17-39(44)41-30-35(27-29-45(41)50)36-26-28-40-38-16-7-9-19-43(38)49(46(40)31-36)37-14-5-2-6-15-37/h1-31H. The van der Waals surface area contributed by atoms with Gasteiger partial charge in [-0.15, -0.1) is 0 Å². The number of fused-ring (bicyclic) bond motifs is 6. The molecule has 3 nitrogen and oxygen atoms in total. The van der Waals surface area contributed by atoms with Crippen molar-refractivity contribution in [1.82, 2.24) is 14.1 Å². The Morgan fingerprint density at radius 2 is 0.840 bits per heavy atom. The summed E-state index contributed by atoms with van der Waals surface area (Å²) in [5.41, 5.74) is 12.7. The van der Waals surface area contributed by atoms with Crippen molar-refractivity contribution in [1.29, 1.82) is 0 Å². The monoisotopic (exact) mass is 637 g/mol. The van der Waals surface area contributed by atoms with Crippen LogP contribution in [0.5, 0.6) is 0 Å². The Bertz CT molecular complexity index is 2840. The number of para-hydroxylation sites is 3. The molecule has 0 aliphatic carbocycles. The Labute approximate surface area is 290 Å². The molecule has 50 heavy (non-hydrogen) atoms. The molecule has 10 rings (SSSR count). The Morgan fingerprint density at radius 3 is 1.62 bits per heavy atom. The molecular formula is C47H31N3. The molecule has 0 spiro atoms. The highest BCUT2D eigenvalue weighted by Gasteiger charge is 2.17. The molecule has 0 aliphatic rings. The van der Waals surface area contributed by atoms with Crippen molar-refractivity contribution < 1.29 is 0 Å². The van der Waals surface area contributed by atoms with Crippen molar-refractivity contribution in [3.63, 3.8) is 0 Å². The van der Waals surface area contributed by atoms with Crippen molar-refractivity contribution in [2.24, 2.45) is 0 Å². The van der Waals surface area contributed by atoms with Crippen molar-refractivity contribution in [2.75, 3.05) is 0 Å². The van der Waals surface area contributed by atoms with Crippen LogP contribution < -0.4 is 0 Å². The van der Waals surface area contributed by atoms with Crippen molar-refractivity contribution in [3.05, 3.63) is 188 Å². The number of aromatic nitrogens is 3. The van der Waals surface area contributed by atoms with Gasteiger partial charge in [0.05, 0.1) is 27.8 Å². The first-order valence-electron chi connectivity index (χ1n) is 17.1. The summed E-state index contributed by atoms with van der Waals surface area (Å²) in [6.45, 7) is 0. The van der Waals surface area contributed by atoms with Crippen LogP contribution in [-0.4, -0.2) is 14.1 Å². The first-order chi connectivity index (χ1) is 24.8. The van der Waals surface area contributed by atoms with Crippen LogP contribution in [0.2, 0.25) is 0 Å². The van der Waals surface area contributed by atoms with Crippen LogP contribution >= 0.6 is 0 Å². The fourth-order valence-electron chi connectivity index (χ4n) is 7.58. The van der Waals surface area contributed by atoms with Crippen molar-refractivity contribution in [3.8, 4) is 45.0 Å². The van der Waals surface area contributed by atoms with Gasteiger partial charge in [0, 0.05) is 32.8 Å². The van der Waals surface area contributed by atoms with Gasteiger partial charge < -0.3 is 4.57 Å². The van der Waals surface area contributed by atoms with E-state index >= 15 is 0 Å². The number of hydrogen-bond donors (Lipinski definition) is 0. The van der Waals surface area contributed by atoms with Crippen LogP contribution in [0.15, 0.2) is 188 Å². The predicted molar refractivity (Wildman–Crippen MR) is 209 cm³/mol. The Hall–Kier alpha value is -6.71. The summed E-state index contributed by atoms with van der Waals surface area (Å²) in [6.07, 6.45) is 0. The van der Waals surface area contributed by atoms with E-state index in [1.165, 1.54) is 54.8 Å². The average molecular weight is 638 g/mol. The summed E-state index contributed by atoms with van der Waals surface area (Å²) >= 11 is 0. The number of hydrogen-bond acceptors (Lipinski definition) is 1. The van der Waals surface area contributed by atoms with Crippen LogP contribution in [0.4, 0.5) is 0 Å². The van der Waals surface area contributed by atoms with Gasteiger partial charge in [-0.25, -0.2) is 4.98 Å². The van der Waals surface area contributed by atoms with E-state index in [0.717, 1.165) is 33.8 Å². The quantitative estimate of drug-likeness (QED) is 0.184. The first kappa shape index (κ1) is 28.3. The van der Waals surface area contributed by atoms with Crippen LogP contribution in [-0.2, 0) is 0 Å². The topological polar surface area (TPSA) is 22.8 Å². The zero-order chi connectivity index (χ0) is 33.0. The van der Waals surface area contributed by atoms with Gasteiger partial charge in [-0.1, -0.05) is 133 Å². The van der Waals surface area contributed by atoms with E-state index in [2.05, 4.69) is 197 Å². The van der Waals surface area contributed by atoms with E-state index in [4.69, 9.17) is 4.98 Å². The Balaban J connectivity index is 1.10. The minimum Gasteiger partial charge on any atom is -0.309 e. The van der Waals surface area contributed by atoms with Crippen LogP contribution in [0, 0.1) is 0 Å². The lowest BCUT2D eigenvalue weighted by molar-refractivity contribution is 1.08. The average Bonchev–Trinajstić information content (AvgIpc) is 3.71. The van der Waals surface area contributed by atoms with E-state index in [1.54, 1.807) is 0 Å². The third kappa shape index (κ3) is 4.56. The maximum absolute atomic E-state index is 5.22. The predicted octanol–water partition coefficient (Wildman–Crippen LogP) is 12.3. The molecule has 10 aromatic rings. The molecule has 0 saturated heterocycles. The van der Waals surface area contributed by atoms with Crippen molar-refractivity contribution >= 4 is 43.6 Å². The fraction of sp³-hybridized carbons (Fsp3) is 0. The molecule has 0 fully saturated rings. The summed E-state index contributed by atoms with van der Waals surface area (Å²) in [5, 5.41) is 4.94. The molecule has 0 radical (unpaired) electrons. The first-order valence-corrected chi connectivity index (χ1v) is 17.1. The van der Waals surface area contributed by atoms with E-state index in [9.17, 15) is 0 Å². The molecule has 0 saturated carbocycles. The number of nitrogens with zero attached hydrogens (tertiary/aromatic N) is 3. The SMILES string of the molecule is c1ccc(-c2ccc(-c3cccc(-n4c5ccccc5c5cc(-c6ccc7c8ccccc8n(-c8ccccc8)c7c6)ccc54)n3)cc2)cc1. The highest BCUT2D eigenvalue weighted by Crippen LogP contribution is 2.38. The van der Waals surface area contributed by atoms with Gasteiger partial charge in [-0.05, 0) is 76.9 Å². The van der Waals surface area contributed by atoms with E-state index in [0.29, 0.717) is 0 Å². The van der Waals surface area contributed by atoms with Gasteiger partial charge in [0.2, 0.25) is 0 Å². The number of rotatable bonds is 5. The fourth-order valence-corrected chi connectivity index (χ4v) is 7.58. The van der Waals surface area contributed by atoms with Gasteiger partial charge in [-0.2, -0.15) is 0 Å². The maximum Gasteiger partial charge on any atom is 0.138 e. The van der Waals surface area contributed by atoms with Gasteiger partial charge in [0.15, 0.2) is 0 Å². The molecule has 3 aromatic heterocycles. The Morgan fingerprint density at radius 1 is 0.300 bits per heavy atom. The third-order valence-corrected chi connectivity index (χ3v) is 9.95. The second kappa shape index (κ2) is 11.5. The molecule has 0 bridgehead atoms. The highest BCUT2D eigenvalue weighted by atomic mass is 15.1. The zero-order valence-electron chi connectivity index (χ0n) is 27.2. The lowest BCUT2D eigenvalue weighted by atomic mass is 10.0. The third-order valence-electron chi connectivity index (χ3n) is 9.95. The van der Waals surface area contributed by atoms with Crippen LogP contribution in [0.25, 0.3) is 88.6 Å². The molecule has 3 heterocycles. The van der Waals surface area contributed by atoms with E-state index < -0.39 is 0 Å². The lowest BCUT2D eigenvalue weighted by Gasteiger charge is -2.11. The summed E-state index contributed by atoms with van der Waals surface area (Å²) in [6, 6.07) is 67.2. The van der Waals surface area contributed by atoms with Crippen LogP contribution in [0.3, 0.4) is 0 Å². The van der Waals surface area contributed by atoms with Gasteiger partial charge in [-0.3, -0.25) is 4.57 Å². The molecular weight excluding hydrogens is 607 g/mol. The second-order valence-electron chi connectivity index (χ2n) is 12.8. The molecule has 0 aliphatic heterocycles. The smallest absolute Gasteiger partial charge is 0.138 e. The summed E-state index contributed by atoms with van der Waals surface area (Å²) < 4.78 is 4.68. The van der Waals surface area contributed by atoms with Crippen molar-refractivity contribution in [2.45, 2.75) is 0 Å². The minimum atomic E-state index is 0.905. The minimum absolute atomic E-state index is 0.905.